The molecule has 2 N–H and O–H groups in total. The number of aliphatic hydroxyl groups is 1. The van der Waals surface area contributed by atoms with E-state index in [4.69, 9.17) is 4.98 Å². The molecule has 3 aromatic carbocycles. The molecule has 1 aromatic heterocycles. The third-order valence-corrected chi connectivity index (χ3v) is 4.73. The summed E-state index contributed by atoms with van der Waals surface area (Å²) in [5.41, 5.74) is 4.49. The molecule has 0 bridgehead atoms. The first-order chi connectivity index (χ1) is 15.2. The molecular weight excluding hydrogens is 386 g/mol. The van der Waals surface area contributed by atoms with Gasteiger partial charge in [0.25, 0.3) is 5.91 Å². The first kappa shape index (κ1) is 20.2. The maximum absolute atomic E-state index is 12.6. The van der Waals surface area contributed by atoms with Gasteiger partial charge in [-0.15, -0.1) is 0 Å². The fraction of sp³-hybridized carbons (Fsp3) is 0.0385. The number of carbonyl (C=O) groups excluding carboxylic acids is 1. The first-order valence-electron chi connectivity index (χ1n) is 9.90. The highest BCUT2D eigenvalue weighted by Crippen LogP contribution is 2.22. The van der Waals surface area contributed by atoms with Gasteiger partial charge in [0.2, 0.25) is 0 Å². The van der Waals surface area contributed by atoms with Crippen LogP contribution in [0.25, 0.3) is 23.4 Å². The standard InChI is InChI=1S/C26H21N3O2/c30-18-20-11-14-21(15-12-20)24-17-27-25(29-26(31)22-9-5-2-6-10-22)23(28-24)16-13-19-7-3-1-4-8-19/h1-17,30H,18H2,(H,27,29,31). The Kier molecular flexibility index (Phi) is 6.26. The van der Waals surface area contributed by atoms with Gasteiger partial charge in [-0.2, -0.15) is 0 Å². The number of hydrogen-bond acceptors (Lipinski definition) is 4. The molecule has 0 radical (unpaired) electrons. The van der Waals surface area contributed by atoms with Crippen molar-refractivity contribution in [1.29, 1.82) is 0 Å². The summed E-state index contributed by atoms with van der Waals surface area (Å²) in [4.78, 5) is 21.9. The van der Waals surface area contributed by atoms with E-state index in [-0.39, 0.29) is 12.5 Å². The molecule has 4 rings (SSSR count). The minimum Gasteiger partial charge on any atom is -0.392 e. The van der Waals surface area contributed by atoms with E-state index in [1.54, 1.807) is 18.3 Å². The molecule has 0 spiro atoms. The van der Waals surface area contributed by atoms with Crippen molar-refractivity contribution in [3.8, 4) is 11.3 Å². The van der Waals surface area contributed by atoms with Gasteiger partial charge in [0.05, 0.1) is 18.5 Å². The van der Waals surface area contributed by atoms with Gasteiger partial charge in [-0.3, -0.25) is 4.79 Å². The fourth-order valence-electron chi connectivity index (χ4n) is 3.04. The van der Waals surface area contributed by atoms with Crippen LogP contribution in [0.5, 0.6) is 0 Å². The Morgan fingerprint density at radius 1 is 0.871 bits per heavy atom. The average Bonchev–Trinajstić information content (AvgIpc) is 2.84. The molecular formula is C26H21N3O2. The van der Waals surface area contributed by atoms with Crippen molar-refractivity contribution >= 4 is 23.9 Å². The van der Waals surface area contributed by atoms with Crippen LogP contribution in [0.2, 0.25) is 0 Å². The van der Waals surface area contributed by atoms with Crippen LogP contribution in [0.3, 0.4) is 0 Å². The molecule has 0 fully saturated rings. The van der Waals surface area contributed by atoms with Crippen LogP contribution in [0.4, 0.5) is 5.82 Å². The van der Waals surface area contributed by atoms with Gasteiger partial charge in [-0.25, -0.2) is 9.97 Å². The first-order valence-corrected chi connectivity index (χ1v) is 9.90. The average molecular weight is 407 g/mol. The van der Waals surface area contributed by atoms with E-state index in [2.05, 4.69) is 10.3 Å². The fourth-order valence-corrected chi connectivity index (χ4v) is 3.04. The molecule has 0 saturated carbocycles. The number of hydrogen-bond donors (Lipinski definition) is 2. The molecule has 152 valence electrons. The van der Waals surface area contributed by atoms with Crippen LogP contribution in [0.1, 0.15) is 27.2 Å². The number of aliphatic hydroxyl groups excluding tert-OH is 1. The summed E-state index contributed by atoms with van der Waals surface area (Å²) in [6.07, 6.45) is 5.41. The van der Waals surface area contributed by atoms with Crippen molar-refractivity contribution in [3.05, 3.63) is 114 Å². The molecule has 0 saturated heterocycles. The number of rotatable bonds is 6. The van der Waals surface area contributed by atoms with Crippen molar-refractivity contribution in [2.75, 3.05) is 5.32 Å². The Morgan fingerprint density at radius 2 is 1.55 bits per heavy atom. The Labute approximate surface area is 180 Å². The largest absolute Gasteiger partial charge is 0.392 e. The Morgan fingerprint density at radius 3 is 2.23 bits per heavy atom. The predicted octanol–water partition coefficient (Wildman–Crippen LogP) is 5.06. The molecule has 5 heteroatoms. The summed E-state index contributed by atoms with van der Waals surface area (Å²) in [7, 11) is 0. The molecule has 0 unspecified atom stereocenters. The van der Waals surface area contributed by atoms with Gasteiger partial charge in [-0.1, -0.05) is 78.9 Å². The SMILES string of the molecule is O=C(Nc1ncc(-c2ccc(CO)cc2)nc1C=Cc1ccccc1)c1ccccc1. The number of carbonyl (C=O) groups is 1. The highest BCUT2D eigenvalue weighted by molar-refractivity contribution is 6.04. The second-order valence-electron chi connectivity index (χ2n) is 6.91. The quantitative estimate of drug-likeness (QED) is 0.469. The van der Waals surface area contributed by atoms with Gasteiger partial charge in [0, 0.05) is 11.1 Å². The maximum Gasteiger partial charge on any atom is 0.256 e. The molecule has 4 aromatic rings. The zero-order valence-corrected chi connectivity index (χ0v) is 16.8. The summed E-state index contributed by atoms with van der Waals surface area (Å²) < 4.78 is 0. The number of anilines is 1. The van der Waals surface area contributed by atoms with E-state index in [9.17, 15) is 9.90 Å². The van der Waals surface area contributed by atoms with Gasteiger partial charge in [-0.05, 0) is 29.3 Å². The van der Waals surface area contributed by atoms with Crippen LogP contribution in [0, 0.1) is 0 Å². The van der Waals surface area contributed by atoms with E-state index >= 15 is 0 Å². The summed E-state index contributed by atoms with van der Waals surface area (Å²) in [5, 5.41) is 12.1. The highest BCUT2D eigenvalue weighted by atomic mass is 16.3. The maximum atomic E-state index is 12.6. The van der Waals surface area contributed by atoms with Crippen molar-refractivity contribution in [1.82, 2.24) is 9.97 Å². The van der Waals surface area contributed by atoms with Crippen molar-refractivity contribution in [2.24, 2.45) is 0 Å². The molecule has 1 heterocycles. The van der Waals surface area contributed by atoms with Gasteiger partial charge in [0.1, 0.15) is 5.69 Å². The molecule has 1 amide bonds. The third kappa shape index (κ3) is 5.10. The lowest BCUT2D eigenvalue weighted by Gasteiger charge is -2.10. The normalized spacial score (nSPS) is 10.9. The number of amides is 1. The summed E-state index contributed by atoms with van der Waals surface area (Å²) in [5.74, 6) is 0.140. The Bertz CT molecular complexity index is 1190. The lowest BCUT2D eigenvalue weighted by molar-refractivity contribution is 0.102. The van der Waals surface area contributed by atoms with Crippen molar-refractivity contribution in [2.45, 2.75) is 6.61 Å². The van der Waals surface area contributed by atoms with Crippen LogP contribution in [-0.2, 0) is 6.61 Å². The minimum absolute atomic E-state index is 0.0124. The minimum atomic E-state index is -0.246. The molecule has 0 aliphatic rings. The van der Waals surface area contributed by atoms with Crippen molar-refractivity contribution in [3.63, 3.8) is 0 Å². The molecule has 0 atom stereocenters. The second-order valence-corrected chi connectivity index (χ2v) is 6.91. The summed E-state index contributed by atoms with van der Waals surface area (Å²) in [6.45, 7) is -0.0124. The van der Waals surface area contributed by atoms with E-state index in [0.717, 1.165) is 16.7 Å². The summed E-state index contributed by atoms with van der Waals surface area (Å²) in [6, 6.07) is 26.3. The third-order valence-electron chi connectivity index (χ3n) is 4.73. The van der Waals surface area contributed by atoms with Gasteiger partial charge >= 0.3 is 0 Å². The second kappa shape index (κ2) is 9.61. The smallest absolute Gasteiger partial charge is 0.256 e. The van der Waals surface area contributed by atoms with E-state index in [0.29, 0.717) is 22.8 Å². The van der Waals surface area contributed by atoms with Crippen LogP contribution < -0.4 is 5.32 Å². The molecule has 0 aliphatic carbocycles. The van der Waals surface area contributed by atoms with E-state index < -0.39 is 0 Å². The highest BCUT2D eigenvalue weighted by Gasteiger charge is 2.12. The number of aromatic nitrogens is 2. The van der Waals surface area contributed by atoms with Crippen molar-refractivity contribution < 1.29 is 9.90 Å². The molecule has 5 nitrogen and oxygen atoms in total. The van der Waals surface area contributed by atoms with Crippen LogP contribution >= 0.6 is 0 Å². The number of nitrogens with zero attached hydrogens (tertiary/aromatic N) is 2. The summed E-state index contributed by atoms with van der Waals surface area (Å²) >= 11 is 0. The Hall–Kier alpha value is -4.09. The zero-order valence-electron chi connectivity index (χ0n) is 16.8. The van der Waals surface area contributed by atoms with E-state index in [1.165, 1.54) is 0 Å². The number of nitrogens with one attached hydrogen (secondary N) is 1. The van der Waals surface area contributed by atoms with Gasteiger partial charge < -0.3 is 10.4 Å². The molecule has 31 heavy (non-hydrogen) atoms. The number of benzene rings is 3. The van der Waals surface area contributed by atoms with Crippen LogP contribution in [0.15, 0.2) is 91.1 Å². The van der Waals surface area contributed by atoms with Crippen LogP contribution in [-0.4, -0.2) is 21.0 Å². The predicted molar refractivity (Wildman–Crippen MR) is 123 cm³/mol. The Balaban J connectivity index is 1.69. The lowest BCUT2D eigenvalue weighted by atomic mass is 10.1. The lowest BCUT2D eigenvalue weighted by Crippen LogP contribution is -2.14. The topological polar surface area (TPSA) is 75.1 Å². The monoisotopic (exact) mass is 407 g/mol. The van der Waals surface area contributed by atoms with E-state index in [1.807, 2.05) is 84.9 Å². The van der Waals surface area contributed by atoms with Gasteiger partial charge in [0.15, 0.2) is 5.82 Å². The zero-order chi connectivity index (χ0) is 21.5. The molecule has 0 aliphatic heterocycles.